The second kappa shape index (κ2) is 21.5. The van der Waals surface area contributed by atoms with Gasteiger partial charge in [0.05, 0.1) is 38.1 Å². The molecular formula is C18H32F3N4O18P3. The predicted molar refractivity (Wildman–Crippen MR) is 144 cm³/mol. The van der Waals surface area contributed by atoms with Gasteiger partial charge in [-0.2, -0.15) is 18.2 Å². The van der Waals surface area contributed by atoms with Crippen molar-refractivity contribution in [3.05, 3.63) is 22.2 Å². The van der Waals surface area contributed by atoms with E-state index in [9.17, 15) is 22.8 Å². The summed E-state index contributed by atoms with van der Waals surface area (Å²) in [7, 11) is -13.9. The molecule has 1 saturated heterocycles. The maximum absolute atomic E-state index is 12.0. The van der Waals surface area contributed by atoms with Crippen LogP contribution in [0.1, 0.15) is 24.6 Å². The molecule has 0 aliphatic carbocycles. The van der Waals surface area contributed by atoms with Crippen LogP contribution in [0.15, 0.2) is 11.0 Å². The molecule has 1 aliphatic heterocycles. The number of aromatic nitrogens is 2. The number of hydrogen-bond donors (Lipinski definition) is 12. The van der Waals surface area contributed by atoms with E-state index in [-0.39, 0.29) is 51.5 Å². The van der Waals surface area contributed by atoms with Crippen LogP contribution in [0, 0.1) is 11.8 Å². The van der Waals surface area contributed by atoms with Gasteiger partial charge in [-0.15, -0.1) is 0 Å². The maximum Gasteiger partial charge on any atom is 0.471 e. The van der Waals surface area contributed by atoms with Crippen LogP contribution in [0.3, 0.4) is 0 Å². The molecule has 2 rings (SSSR count). The van der Waals surface area contributed by atoms with Gasteiger partial charge in [-0.25, -0.2) is 18.5 Å². The van der Waals surface area contributed by atoms with Crippen LogP contribution in [-0.4, -0.2) is 116 Å². The van der Waals surface area contributed by atoms with Crippen LogP contribution in [-0.2, 0) is 32.7 Å². The summed E-state index contributed by atoms with van der Waals surface area (Å²) in [5.74, 6) is 3.40. The zero-order valence-electron chi connectivity index (χ0n) is 23.1. The van der Waals surface area contributed by atoms with Gasteiger partial charge in [-0.1, -0.05) is 11.8 Å². The third-order valence-corrected chi connectivity index (χ3v) is 4.14. The third kappa shape index (κ3) is 30.3. The molecule has 1 amide bonds. The number of carbonyl (C=O) groups is 1. The number of aliphatic hydroxyl groups excluding tert-OH is 1. The molecule has 0 saturated carbocycles. The molecule has 0 aromatic carbocycles. The Kier molecular flexibility index (Phi) is 21.4. The van der Waals surface area contributed by atoms with Crippen LogP contribution in [0.5, 0.6) is 0 Å². The summed E-state index contributed by atoms with van der Waals surface area (Å²) in [5.41, 5.74) is 5.47. The Bertz CT molecular complexity index is 1260. The summed E-state index contributed by atoms with van der Waals surface area (Å²) in [4.78, 5) is 91.0. The van der Waals surface area contributed by atoms with E-state index in [1.165, 1.54) is 10.8 Å². The minimum atomic E-state index is -4.92. The van der Waals surface area contributed by atoms with Crippen molar-refractivity contribution in [1.82, 2.24) is 14.9 Å². The molecule has 13 N–H and O–H groups in total. The lowest BCUT2D eigenvalue weighted by molar-refractivity contribution is -0.173. The van der Waals surface area contributed by atoms with Crippen molar-refractivity contribution in [2.75, 3.05) is 45.3 Å². The monoisotopic (exact) mass is 742 g/mol. The number of hydrogen-bond acceptors (Lipinski definition) is 11. The van der Waals surface area contributed by atoms with Crippen LogP contribution in [0.25, 0.3) is 0 Å². The van der Waals surface area contributed by atoms with Gasteiger partial charge in [0.1, 0.15) is 18.7 Å². The van der Waals surface area contributed by atoms with E-state index in [1.807, 2.05) is 0 Å². The molecule has 2 atom stereocenters. The van der Waals surface area contributed by atoms with Gasteiger partial charge < -0.3 is 74.4 Å². The molecule has 0 bridgehead atoms. The highest BCUT2D eigenvalue weighted by molar-refractivity contribution is 7.45. The van der Waals surface area contributed by atoms with Crippen molar-refractivity contribution in [2.45, 2.75) is 31.3 Å². The number of alkyl halides is 3. The minimum absolute atomic E-state index is 0.0131. The van der Waals surface area contributed by atoms with E-state index in [4.69, 9.17) is 82.8 Å². The molecule has 0 radical (unpaired) electrons. The molecule has 0 spiro atoms. The van der Waals surface area contributed by atoms with Gasteiger partial charge in [0.25, 0.3) is 0 Å². The number of carbonyl (C=O) groups excluding carboxylic acids is 1. The number of aliphatic hydroxyl groups is 1. The number of nitrogen functional groups attached to an aromatic ring is 1. The zero-order chi connectivity index (χ0) is 36.4. The highest BCUT2D eigenvalue weighted by Crippen LogP contribution is 2.28. The first-order valence-corrected chi connectivity index (χ1v) is 16.4. The summed E-state index contributed by atoms with van der Waals surface area (Å²) >= 11 is 0. The first-order chi connectivity index (χ1) is 20.7. The second-order valence-electron chi connectivity index (χ2n) is 7.96. The molecule has 28 heteroatoms. The molecule has 1 aliphatic rings. The fourth-order valence-electron chi connectivity index (χ4n) is 2.62. The highest BCUT2D eigenvalue weighted by Gasteiger charge is 2.38. The number of halogens is 3. The number of nitrogens with two attached hydrogens (primary N) is 1. The lowest BCUT2D eigenvalue weighted by atomic mass is 10.2. The number of nitrogens with zero attached hydrogens (tertiary/aromatic N) is 2. The average Bonchev–Trinajstić information content (AvgIpc) is 3.31. The Balaban J connectivity index is 0. The fourth-order valence-corrected chi connectivity index (χ4v) is 2.62. The van der Waals surface area contributed by atoms with Crippen molar-refractivity contribution in [3.8, 4) is 11.8 Å². The molecule has 1 aromatic rings. The summed E-state index contributed by atoms with van der Waals surface area (Å²) in [5, 5.41) is 10.8. The molecule has 46 heavy (non-hydrogen) atoms. The van der Waals surface area contributed by atoms with Crippen LogP contribution < -0.4 is 16.7 Å². The fraction of sp³-hybridized carbons (Fsp3) is 0.611. The van der Waals surface area contributed by atoms with E-state index >= 15 is 0 Å². The first-order valence-electron chi connectivity index (χ1n) is 11.7. The molecule has 0 unspecified atom stereocenters. The van der Waals surface area contributed by atoms with E-state index in [2.05, 4.69) is 16.8 Å². The SMILES string of the molecule is Nc1nc(=O)n([C@H]2CC[C@@H](CO)O2)cc1C#CCOCCOCCNC(=O)C(F)(F)F.O=P(O)(O)O.O=P(O)(O)O.O=P(O)(O)O. The van der Waals surface area contributed by atoms with Crippen LogP contribution in [0.4, 0.5) is 19.0 Å². The number of rotatable bonds is 9. The predicted octanol–water partition coefficient (Wildman–Crippen LogP) is -3.23. The Hall–Kier alpha value is -2.33. The number of phosphoric acid groups is 3. The molecule has 22 nitrogen and oxygen atoms in total. The van der Waals surface area contributed by atoms with Gasteiger partial charge in [-0.3, -0.25) is 9.36 Å². The molecule has 1 aromatic heterocycles. The number of ether oxygens (including phenoxy) is 3. The van der Waals surface area contributed by atoms with E-state index in [0.29, 0.717) is 18.4 Å². The summed E-state index contributed by atoms with van der Waals surface area (Å²) in [6.07, 6.45) is -3.19. The van der Waals surface area contributed by atoms with Crippen molar-refractivity contribution in [3.63, 3.8) is 0 Å². The number of amides is 1. The highest BCUT2D eigenvalue weighted by atomic mass is 31.2. The number of anilines is 1. The Labute approximate surface area is 256 Å². The van der Waals surface area contributed by atoms with Gasteiger partial charge in [0.15, 0.2) is 0 Å². The lowest BCUT2D eigenvalue weighted by Gasteiger charge is -2.15. The average molecular weight is 742 g/mol. The minimum Gasteiger partial charge on any atom is -0.394 e. The van der Waals surface area contributed by atoms with Crippen LogP contribution in [0.2, 0.25) is 0 Å². The Morgan fingerprint density at radius 2 is 1.50 bits per heavy atom. The Morgan fingerprint density at radius 1 is 1.00 bits per heavy atom. The van der Waals surface area contributed by atoms with Crippen molar-refractivity contribution in [1.29, 1.82) is 0 Å². The first kappa shape index (κ1) is 45.8. The van der Waals surface area contributed by atoms with Crippen LogP contribution >= 0.6 is 23.5 Å². The van der Waals surface area contributed by atoms with Gasteiger partial charge in [-0.05, 0) is 12.8 Å². The zero-order valence-corrected chi connectivity index (χ0v) is 25.8. The molecule has 268 valence electrons. The van der Waals surface area contributed by atoms with Crippen molar-refractivity contribution in [2.24, 2.45) is 0 Å². The molecular weight excluding hydrogens is 710 g/mol. The van der Waals surface area contributed by atoms with E-state index < -0.39 is 47.5 Å². The van der Waals surface area contributed by atoms with Gasteiger partial charge in [0.2, 0.25) is 0 Å². The van der Waals surface area contributed by atoms with E-state index in [1.54, 1.807) is 5.32 Å². The summed E-state index contributed by atoms with van der Waals surface area (Å²) in [6, 6.07) is 0. The molecule has 1 fully saturated rings. The summed E-state index contributed by atoms with van der Waals surface area (Å²) < 4.78 is 79.6. The number of nitrogens with one attached hydrogen (secondary N) is 1. The second-order valence-corrected chi connectivity index (χ2v) is 11.0. The molecule has 2 heterocycles. The quantitative estimate of drug-likeness (QED) is 0.0672. The Morgan fingerprint density at radius 3 is 1.96 bits per heavy atom. The normalized spacial score (nSPS) is 16.3. The van der Waals surface area contributed by atoms with Gasteiger partial charge >= 0.3 is 41.2 Å². The van der Waals surface area contributed by atoms with Gasteiger partial charge in [0, 0.05) is 12.7 Å². The van der Waals surface area contributed by atoms with Crippen molar-refractivity contribution >= 4 is 35.2 Å². The topological polar surface area (TPSA) is 371 Å². The maximum atomic E-state index is 12.0. The lowest BCUT2D eigenvalue weighted by Crippen LogP contribution is -2.38. The standard InChI is InChI=1S/C18H23F3N4O6.3H3O4P/c19-18(20,21)16(27)23-5-7-30-9-8-29-6-1-2-12-10-25(17(28)24-15(12)22)14-4-3-13(11-26)31-14;3*1-5(2,3)4/h10,13-14,26H,3-9,11H2,(H,23,27)(H2,22,24,28);3*(H3,1,2,3,4)/t13-,14+;;;/m0.../s1. The van der Waals surface area contributed by atoms with Crippen molar-refractivity contribution < 1.29 is 95.0 Å². The largest absolute Gasteiger partial charge is 0.471 e. The van der Waals surface area contributed by atoms with E-state index in [0.717, 1.165) is 0 Å². The smallest absolute Gasteiger partial charge is 0.394 e. The third-order valence-electron chi connectivity index (χ3n) is 4.14. The summed E-state index contributed by atoms with van der Waals surface area (Å²) in [6.45, 7) is -0.259.